The van der Waals surface area contributed by atoms with Crippen LogP contribution in [0.3, 0.4) is 0 Å². The average molecular weight is 457 g/mol. The van der Waals surface area contributed by atoms with Crippen LogP contribution >= 0.6 is 0 Å². The number of aromatic nitrogens is 4. The van der Waals surface area contributed by atoms with Crippen molar-refractivity contribution < 1.29 is 13.6 Å². The van der Waals surface area contributed by atoms with Crippen LogP contribution in [0.5, 0.6) is 0 Å². The van der Waals surface area contributed by atoms with Gasteiger partial charge in [-0.25, -0.2) is 23.7 Å². The van der Waals surface area contributed by atoms with Crippen LogP contribution in [0.25, 0.3) is 22.5 Å². The first-order valence-electron chi connectivity index (χ1n) is 10.4. The Hall–Kier alpha value is -4.46. The van der Waals surface area contributed by atoms with Crippen LogP contribution in [-0.4, -0.2) is 25.3 Å². The van der Waals surface area contributed by atoms with Crippen LogP contribution in [-0.2, 0) is 0 Å². The van der Waals surface area contributed by atoms with Crippen molar-refractivity contribution in [1.29, 1.82) is 0 Å². The number of nitrogens with zero attached hydrogens (tertiary/aromatic N) is 4. The molecule has 3 aromatic heterocycles. The lowest BCUT2D eigenvalue weighted by Gasteiger charge is -2.10. The van der Waals surface area contributed by atoms with Gasteiger partial charge < -0.3 is 5.32 Å². The molecule has 3 heterocycles. The molecule has 0 bridgehead atoms. The van der Waals surface area contributed by atoms with Crippen molar-refractivity contribution in [3.8, 4) is 11.4 Å². The molecule has 0 atom stereocenters. The zero-order valence-electron chi connectivity index (χ0n) is 18.6. The van der Waals surface area contributed by atoms with Gasteiger partial charge in [0.15, 0.2) is 5.82 Å². The maximum atomic E-state index is 14.2. The Morgan fingerprint density at radius 1 is 1.15 bits per heavy atom. The molecule has 1 N–H and O–H groups in total. The minimum Gasteiger partial charge on any atom is -0.321 e. The van der Waals surface area contributed by atoms with Gasteiger partial charge in [0.2, 0.25) is 0 Å². The van der Waals surface area contributed by atoms with Gasteiger partial charge >= 0.3 is 0 Å². The summed E-state index contributed by atoms with van der Waals surface area (Å²) in [7, 11) is 0. The molecule has 170 valence electrons. The lowest BCUT2D eigenvalue weighted by Crippen LogP contribution is -2.16. The summed E-state index contributed by atoms with van der Waals surface area (Å²) in [6.07, 6.45) is 10.00. The molecule has 0 aliphatic carbocycles. The second-order valence-corrected chi connectivity index (χ2v) is 7.46. The van der Waals surface area contributed by atoms with Crippen LogP contribution in [0.1, 0.15) is 28.8 Å². The predicted molar refractivity (Wildman–Crippen MR) is 128 cm³/mol. The third kappa shape index (κ3) is 4.52. The van der Waals surface area contributed by atoms with Crippen molar-refractivity contribution in [2.75, 3.05) is 5.32 Å². The Balaban J connectivity index is 1.75. The Kier molecular flexibility index (Phi) is 6.40. The minimum atomic E-state index is -0.609. The van der Waals surface area contributed by atoms with Crippen molar-refractivity contribution in [2.45, 2.75) is 13.8 Å². The number of hydrogen-bond acceptors (Lipinski definition) is 4. The molecule has 0 saturated carbocycles. The van der Waals surface area contributed by atoms with Gasteiger partial charge in [-0.2, -0.15) is 0 Å². The van der Waals surface area contributed by atoms with E-state index in [1.165, 1.54) is 24.3 Å². The van der Waals surface area contributed by atoms with Gasteiger partial charge in [0.25, 0.3) is 5.91 Å². The Labute approximate surface area is 195 Å². The summed E-state index contributed by atoms with van der Waals surface area (Å²) in [5, 5.41) is 2.71. The molecule has 6 nitrogen and oxygen atoms in total. The van der Waals surface area contributed by atoms with Gasteiger partial charge in [0.1, 0.15) is 23.2 Å². The lowest BCUT2D eigenvalue weighted by molar-refractivity contribution is 0.102. The molecule has 1 aromatic carbocycles. The molecule has 0 aliphatic heterocycles. The van der Waals surface area contributed by atoms with Gasteiger partial charge in [-0.05, 0) is 61.9 Å². The topological polar surface area (TPSA) is 72.2 Å². The maximum Gasteiger partial charge on any atom is 0.274 e. The van der Waals surface area contributed by atoms with Crippen molar-refractivity contribution in [3.05, 3.63) is 109 Å². The fourth-order valence-electron chi connectivity index (χ4n) is 3.41. The van der Waals surface area contributed by atoms with Gasteiger partial charge in [-0.1, -0.05) is 18.7 Å². The van der Waals surface area contributed by atoms with Crippen molar-refractivity contribution >= 4 is 22.7 Å². The highest BCUT2D eigenvalue weighted by Gasteiger charge is 2.18. The SMILES string of the molecule is C=C(F)/C(=C\C=C/C)c1ncc2c(-c3ncc(C)c(C(=O)Nc4ccc(F)cc4)n3)cccn12. The van der Waals surface area contributed by atoms with Crippen molar-refractivity contribution in [3.63, 3.8) is 0 Å². The number of halogens is 2. The first-order chi connectivity index (χ1) is 16.4. The van der Waals surface area contributed by atoms with Crippen LogP contribution < -0.4 is 5.32 Å². The molecule has 0 fully saturated rings. The number of fused-ring (bicyclic) bond motifs is 1. The number of imidazole rings is 1. The number of pyridine rings is 1. The Bertz CT molecular complexity index is 1450. The highest BCUT2D eigenvalue weighted by Crippen LogP contribution is 2.28. The smallest absolute Gasteiger partial charge is 0.274 e. The third-order valence-electron chi connectivity index (χ3n) is 5.09. The summed E-state index contributed by atoms with van der Waals surface area (Å²) >= 11 is 0. The Morgan fingerprint density at radius 2 is 1.91 bits per heavy atom. The van der Waals surface area contributed by atoms with Crippen LogP contribution in [0.2, 0.25) is 0 Å². The van der Waals surface area contributed by atoms with Crippen LogP contribution in [0, 0.1) is 12.7 Å². The largest absolute Gasteiger partial charge is 0.321 e. The van der Waals surface area contributed by atoms with Crippen molar-refractivity contribution in [2.24, 2.45) is 0 Å². The number of nitrogens with one attached hydrogen (secondary N) is 1. The van der Waals surface area contributed by atoms with E-state index in [0.717, 1.165) is 0 Å². The number of aryl methyl sites for hydroxylation is 1. The summed E-state index contributed by atoms with van der Waals surface area (Å²) in [6.45, 7) is 6.98. The number of carbonyl (C=O) groups is 1. The average Bonchev–Trinajstić information content (AvgIpc) is 3.25. The molecule has 8 heteroatoms. The van der Waals surface area contributed by atoms with E-state index in [1.807, 2.05) is 6.92 Å². The second kappa shape index (κ2) is 9.58. The monoisotopic (exact) mass is 457 g/mol. The predicted octanol–water partition coefficient (Wildman–Crippen LogP) is 5.93. The highest BCUT2D eigenvalue weighted by atomic mass is 19.1. The number of hydrogen-bond donors (Lipinski definition) is 1. The summed E-state index contributed by atoms with van der Waals surface area (Å²) in [5.74, 6) is -0.762. The zero-order chi connectivity index (χ0) is 24.2. The van der Waals surface area contributed by atoms with E-state index in [4.69, 9.17) is 0 Å². The normalized spacial score (nSPS) is 11.8. The van der Waals surface area contributed by atoms with Crippen LogP contribution in [0.15, 0.2) is 85.6 Å². The quantitative estimate of drug-likeness (QED) is 0.364. The molecular formula is C26H21F2N5O. The molecule has 0 spiro atoms. The highest BCUT2D eigenvalue weighted by molar-refractivity contribution is 6.04. The summed E-state index contributed by atoms with van der Waals surface area (Å²) in [5.41, 5.74) is 2.71. The fraction of sp³-hybridized carbons (Fsp3) is 0.0769. The Morgan fingerprint density at radius 3 is 2.62 bits per heavy atom. The number of amides is 1. The second-order valence-electron chi connectivity index (χ2n) is 7.46. The van der Waals surface area contributed by atoms with E-state index in [2.05, 4.69) is 26.8 Å². The molecular weight excluding hydrogens is 436 g/mol. The number of allylic oxidation sites excluding steroid dienone is 5. The minimum absolute atomic E-state index is 0.182. The van der Waals surface area contributed by atoms with E-state index < -0.39 is 17.6 Å². The zero-order valence-corrected chi connectivity index (χ0v) is 18.6. The van der Waals surface area contributed by atoms with E-state index in [-0.39, 0.29) is 11.3 Å². The number of rotatable bonds is 6. The third-order valence-corrected chi connectivity index (χ3v) is 5.09. The molecule has 1 amide bonds. The lowest BCUT2D eigenvalue weighted by atomic mass is 10.1. The van der Waals surface area contributed by atoms with E-state index in [1.54, 1.807) is 60.3 Å². The van der Waals surface area contributed by atoms with Gasteiger partial charge in [-0.3, -0.25) is 9.20 Å². The van der Waals surface area contributed by atoms with Gasteiger partial charge in [0.05, 0.1) is 17.3 Å². The van der Waals surface area contributed by atoms with E-state index >= 15 is 0 Å². The standard InChI is InChI=1S/C26H21F2N5O/c1-4-5-7-20(17(3)27)25-30-15-22-21(8-6-13-33(22)25)24-29-14-16(2)23(32-24)26(34)31-19-11-9-18(28)10-12-19/h4-15H,3H2,1-2H3,(H,31,34)/b5-4-,20-7+. The van der Waals surface area contributed by atoms with Gasteiger partial charge in [-0.15, -0.1) is 0 Å². The van der Waals surface area contributed by atoms with E-state index in [9.17, 15) is 13.6 Å². The summed E-state index contributed by atoms with van der Waals surface area (Å²) < 4.78 is 29.0. The fourth-order valence-corrected chi connectivity index (χ4v) is 3.41. The van der Waals surface area contributed by atoms with E-state index in [0.29, 0.717) is 34.0 Å². The first kappa shape index (κ1) is 22.7. The molecule has 0 saturated heterocycles. The number of anilines is 1. The maximum absolute atomic E-state index is 14.2. The molecule has 34 heavy (non-hydrogen) atoms. The molecule has 4 aromatic rings. The number of carbonyl (C=O) groups excluding carboxylic acids is 1. The first-order valence-corrected chi connectivity index (χ1v) is 10.4. The molecule has 0 radical (unpaired) electrons. The molecule has 0 unspecified atom stereocenters. The van der Waals surface area contributed by atoms with Gasteiger partial charge in [0, 0.05) is 23.6 Å². The van der Waals surface area contributed by atoms with Crippen LogP contribution in [0.4, 0.5) is 14.5 Å². The number of benzene rings is 1. The summed E-state index contributed by atoms with van der Waals surface area (Å²) in [6, 6.07) is 9.03. The van der Waals surface area contributed by atoms with Crippen molar-refractivity contribution in [1.82, 2.24) is 19.4 Å². The summed E-state index contributed by atoms with van der Waals surface area (Å²) in [4.78, 5) is 26.1. The molecule has 0 aliphatic rings. The molecule has 4 rings (SSSR count).